The molecule has 0 spiro atoms. The third kappa shape index (κ3) is 12.4. The number of hydrogen-bond donors (Lipinski definition) is 0. The predicted molar refractivity (Wildman–Crippen MR) is 177 cm³/mol. The first kappa shape index (κ1) is 37.6. The fourth-order valence-electron chi connectivity index (χ4n) is 4.10. The van der Waals surface area contributed by atoms with E-state index in [0.29, 0.717) is 39.3 Å². The highest BCUT2D eigenvalue weighted by Crippen LogP contribution is 2.36. The van der Waals surface area contributed by atoms with E-state index in [2.05, 4.69) is 15.9 Å². The number of carbonyl (C=O) groups is 2. The van der Waals surface area contributed by atoms with Crippen molar-refractivity contribution in [2.45, 2.75) is 93.3 Å². The number of rotatable bonds is 13. The summed E-state index contributed by atoms with van der Waals surface area (Å²) >= 11 is 3.37. The zero-order valence-corrected chi connectivity index (χ0v) is 29.7. The maximum atomic E-state index is 11.7. The zero-order valence-electron chi connectivity index (χ0n) is 28.1. The van der Waals surface area contributed by atoms with Crippen LogP contribution in [0.4, 0.5) is 0 Å². The standard InChI is InChI=1S/C20H31BO5.C14H19BrO3/c1-8-23-17(22)13-18(2,3)14-24-16-11-9-15(10-12-16)21-25-19(4,5)20(6,7)26-21;1-4-17-13(16)9-14(2,3)10-18-12-7-5-11(15)6-8-12/h9-12H,8,13-14H2,1-7H3;5-8H,4,9-10H2,1-3H3. The van der Waals surface area contributed by atoms with Gasteiger partial charge in [0.25, 0.3) is 0 Å². The number of esters is 2. The second kappa shape index (κ2) is 16.1. The molecule has 2 aromatic rings. The Morgan fingerprint density at radius 1 is 0.705 bits per heavy atom. The van der Waals surface area contributed by atoms with Crippen molar-refractivity contribution in [3.05, 3.63) is 53.0 Å². The zero-order chi connectivity index (χ0) is 33.2. The Labute approximate surface area is 272 Å². The molecule has 0 aromatic heterocycles. The second-order valence-electron chi connectivity index (χ2n) is 13.5. The van der Waals surface area contributed by atoms with Gasteiger partial charge in [-0.2, -0.15) is 0 Å². The molecule has 0 radical (unpaired) electrons. The highest BCUT2D eigenvalue weighted by molar-refractivity contribution is 9.10. The topological polar surface area (TPSA) is 89.5 Å². The maximum absolute atomic E-state index is 11.7. The van der Waals surface area contributed by atoms with Crippen LogP contribution < -0.4 is 14.9 Å². The van der Waals surface area contributed by atoms with Crippen LogP contribution in [0.15, 0.2) is 53.0 Å². The van der Waals surface area contributed by atoms with Gasteiger partial charge in [0.15, 0.2) is 0 Å². The summed E-state index contributed by atoms with van der Waals surface area (Å²) in [6.07, 6.45) is 0.685. The third-order valence-electron chi connectivity index (χ3n) is 7.33. The van der Waals surface area contributed by atoms with E-state index in [9.17, 15) is 9.59 Å². The van der Waals surface area contributed by atoms with Gasteiger partial charge in [-0.15, -0.1) is 0 Å². The molecule has 0 aliphatic carbocycles. The summed E-state index contributed by atoms with van der Waals surface area (Å²) in [5.74, 6) is 1.18. The van der Waals surface area contributed by atoms with E-state index in [1.165, 1.54) is 0 Å². The SMILES string of the molecule is CCOC(=O)CC(C)(C)COc1ccc(B2OC(C)(C)C(C)(C)O2)cc1.CCOC(=O)CC(C)(C)COc1ccc(Br)cc1. The van der Waals surface area contributed by atoms with Gasteiger partial charge in [-0.25, -0.2) is 0 Å². The van der Waals surface area contributed by atoms with Crippen molar-refractivity contribution in [1.29, 1.82) is 0 Å². The van der Waals surface area contributed by atoms with Gasteiger partial charge in [-0.3, -0.25) is 9.59 Å². The first-order chi connectivity index (χ1) is 20.4. The van der Waals surface area contributed by atoms with Gasteiger partial charge in [0.1, 0.15) is 11.5 Å². The average Bonchev–Trinajstić information content (AvgIpc) is 3.14. The van der Waals surface area contributed by atoms with E-state index in [4.69, 9.17) is 28.3 Å². The van der Waals surface area contributed by atoms with Crippen LogP contribution in [-0.2, 0) is 28.4 Å². The van der Waals surface area contributed by atoms with E-state index in [1.807, 2.05) is 118 Å². The van der Waals surface area contributed by atoms with Crippen LogP contribution in [0.5, 0.6) is 11.5 Å². The minimum Gasteiger partial charge on any atom is -0.493 e. The molecular formula is C34H50BBrO8. The Morgan fingerprint density at radius 2 is 1.07 bits per heavy atom. The van der Waals surface area contributed by atoms with Gasteiger partial charge < -0.3 is 28.3 Å². The Morgan fingerprint density at radius 3 is 1.43 bits per heavy atom. The number of halogens is 1. The van der Waals surface area contributed by atoms with E-state index in [0.717, 1.165) is 21.4 Å². The molecule has 1 saturated heterocycles. The predicted octanol–water partition coefficient (Wildman–Crippen LogP) is 7.15. The lowest BCUT2D eigenvalue weighted by Crippen LogP contribution is -2.41. The van der Waals surface area contributed by atoms with Gasteiger partial charge in [0.05, 0.1) is 50.5 Å². The quantitative estimate of drug-likeness (QED) is 0.163. The fraction of sp³-hybridized carbons (Fsp3) is 0.588. The highest BCUT2D eigenvalue weighted by atomic mass is 79.9. The molecule has 3 rings (SSSR count). The summed E-state index contributed by atoms with van der Waals surface area (Å²) in [5.41, 5.74) is -0.286. The Balaban J connectivity index is 0.000000329. The molecule has 0 saturated carbocycles. The average molecular weight is 677 g/mol. The van der Waals surface area contributed by atoms with Crippen molar-refractivity contribution in [3.8, 4) is 11.5 Å². The van der Waals surface area contributed by atoms with E-state index < -0.39 is 0 Å². The molecule has 0 amide bonds. The van der Waals surface area contributed by atoms with E-state index in [1.54, 1.807) is 0 Å². The van der Waals surface area contributed by atoms with Crippen molar-refractivity contribution >= 4 is 40.4 Å². The molecule has 0 atom stereocenters. The normalized spacial score (nSPS) is 15.6. The van der Waals surface area contributed by atoms with Crippen LogP contribution in [0.1, 0.15) is 82.1 Å². The highest BCUT2D eigenvalue weighted by Gasteiger charge is 2.51. The summed E-state index contributed by atoms with van der Waals surface area (Å²) in [6.45, 7) is 21.5. The lowest BCUT2D eigenvalue weighted by atomic mass is 9.79. The minimum atomic E-state index is -0.380. The second-order valence-corrected chi connectivity index (χ2v) is 14.4. The lowest BCUT2D eigenvalue weighted by Gasteiger charge is -2.32. The van der Waals surface area contributed by atoms with Crippen molar-refractivity contribution in [2.24, 2.45) is 10.8 Å². The van der Waals surface area contributed by atoms with Crippen LogP contribution in [0.2, 0.25) is 0 Å². The molecule has 0 N–H and O–H groups in total. The Bertz CT molecular complexity index is 1180. The first-order valence-corrected chi connectivity index (χ1v) is 16.0. The Hall–Kier alpha value is -2.56. The van der Waals surface area contributed by atoms with Gasteiger partial charge in [0.2, 0.25) is 0 Å². The summed E-state index contributed by atoms with van der Waals surface area (Å²) in [6, 6.07) is 15.4. The maximum Gasteiger partial charge on any atom is 0.494 e. The largest absolute Gasteiger partial charge is 0.494 e. The molecule has 1 aliphatic rings. The molecule has 0 bridgehead atoms. The van der Waals surface area contributed by atoms with Crippen molar-refractivity contribution in [2.75, 3.05) is 26.4 Å². The van der Waals surface area contributed by atoms with Gasteiger partial charge in [-0.05, 0) is 83.4 Å². The molecule has 2 aromatic carbocycles. The van der Waals surface area contributed by atoms with E-state index >= 15 is 0 Å². The van der Waals surface area contributed by atoms with Crippen molar-refractivity contribution in [1.82, 2.24) is 0 Å². The molecule has 1 aliphatic heterocycles. The van der Waals surface area contributed by atoms with Gasteiger partial charge >= 0.3 is 19.1 Å². The third-order valence-corrected chi connectivity index (χ3v) is 7.86. The summed E-state index contributed by atoms with van der Waals surface area (Å²) in [7, 11) is -0.380. The molecule has 10 heteroatoms. The molecule has 44 heavy (non-hydrogen) atoms. The fourth-order valence-corrected chi connectivity index (χ4v) is 4.36. The smallest absolute Gasteiger partial charge is 0.493 e. The van der Waals surface area contributed by atoms with Crippen LogP contribution in [0.3, 0.4) is 0 Å². The van der Waals surface area contributed by atoms with Crippen LogP contribution in [-0.4, -0.2) is 56.7 Å². The van der Waals surface area contributed by atoms with Crippen LogP contribution in [0.25, 0.3) is 0 Å². The minimum absolute atomic E-state index is 0.179. The number of benzene rings is 2. The van der Waals surface area contributed by atoms with Gasteiger partial charge in [-0.1, -0.05) is 55.8 Å². The number of ether oxygens (including phenoxy) is 4. The monoisotopic (exact) mass is 676 g/mol. The molecule has 1 heterocycles. The van der Waals surface area contributed by atoms with Crippen molar-refractivity contribution in [3.63, 3.8) is 0 Å². The lowest BCUT2D eigenvalue weighted by molar-refractivity contribution is -0.146. The van der Waals surface area contributed by atoms with Crippen LogP contribution in [0, 0.1) is 10.8 Å². The van der Waals surface area contributed by atoms with Gasteiger partial charge in [0, 0.05) is 15.3 Å². The molecule has 1 fully saturated rings. The van der Waals surface area contributed by atoms with Crippen LogP contribution >= 0.6 is 15.9 Å². The molecule has 244 valence electrons. The molecule has 8 nitrogen and oxygen atoms in total. The summed E-state index contributed by atoms with van der Waals surface area (Å²) in [4.78, 5) is 23.1. The number of hydrogen-bond acceptors (Lipinski definition) is 8. The first-order valence-electron chi connectivity index (χ1n) is 15.2. The van der Waals surface area contributed by atoms with E-state index in [-0.39, 0.29) is 41.1 Å². The summed E-state index contributed by atoms with van der Waals surface area (Å²) in [5, 5.41) is 0. The molecular weight excluding hydrogens is 627 g/mol. The number of carbonyl (C=O) groups excluding carboxylic acids is 2. The molecule has 0 unspecified atom stereocenters. The summed E-state index contributed by atoms with van der Waals surface area (Å²) < 4.78 is 34.6. The van der Waals surface area contributed by atoms with Crippen molar-refractivity contribution < 1.29 is 37.8 Å². The Kier molecular flexibility index (Phi) is 13.8.